The van der Waals surface area contributed by atoms with Crippen molar-refractivity contribution in [3.8, 4) is 0 Å². The number of rotatable bonds is 7. The van der Waals surface area contributed by atoms with Crippen LogP contribution >= 0.6 is 11.3 Å². The van der Waals surface area contributed by atoms with E-state index in [2.05, 4.69) is 15.6 Å². The number of aliphatic hydroxyl groups is 1. The molecule has 18 heavy (non-hydrogen) atoms. The van der Waals surface area contributed by atoms with E-state index in [4.69, 9.17) is 10.2 Å². The Balaban J connectivity index is 2.05. The molecule has 1 rings (SSSR count). The molecule has 4 N–H and O–H groups in total. The summed E-state index contributed by atoms with van der Waals surface area (Å²) in [4.78, 5) is 25.6. The van der Waals surface area contributed by atoms with Crippen molar-refractivity contribution in [2.24, 2.45) is 0 Å². The number of aliphatic carboxylic acids is 1. The van der Waals surface area contributed by atoms with Crippen molar-refractivity contribution in [3.05, 3.63) is 16.6 Å². The van der Waals surface area contributed by atoms with Crippen molar-refractivity contribution in [3.63, 3.8) is 0 Å². The van der Waals surface area contributed by atoms with Gasteiger partial charge in [0.15, 0.2) is 6.10 Å². The van der Waals surface area contributed by atoms with Gasteiger partial charge in [-0.15, -0.1) is 11.3 Å². The van der Waals surface area contributed by atoms with Gasteiger partial charge in [0.25, 0.3) is 0 Å². The van der Waals surface area contributed by atoms with E-state index in [-0.39, 0.29) is 19.0 Å². The molecule has 0 radical (unpaired) electrons. The lowest BCUT2D eigenvalue weighted by atomic mass is 10.2. The average Bonchev–Trinajstić information content (AvgIpc) is 2.81. The van der Waals surface area contributed by atoms with Gasteiger partial charge in [-0.25, -0.2) is 14.6 Å². The first-order chi connectivity index (χ1) is 8.59. The zero-order valence-electron chi connectivity index (χ0n) is 9.63. The van der Waals surface area contributed by atoms with E-state index in [1.165, 1.54) is 11.3 Å². The number of amides is 2. The van der Waals surface area contributed by atoms with Crippen molar-refractivity contribution >= 4 is 23.3 Å². The number of urea groups is 1. The van der Waals surface area contributed by atoms with Crippen molar-refractivity contribution in [2.75, 3.05) is 13.1 Å². The number of aromatic nitrogens is 1. The SMILES string of the molecule is O=C(NCCc1cscn1)NCC[C@H](O)C(=O)O. The molecule has 0 saturated heterocycles. The van der Waals surface area contributed by atoms with Crippen LogP contribution in [0.2, 0.25) is 0 Å². The van der Waals surface area contributed by atoms with E-state index < -0.39 is 12.1 Å². The van der Waals surface area contributed by atoms with Crippen LogP contribution in [0.15, 0.2) is 10.9 Å². The lowest BCUT2D eigenvalue weighted by Gasteiger charge is -2.08. The Morgan fingerprint density at radius 2 is 2.11 bits per heavy atom. The first kappa shape index (κ1) is 14.4. The van der Waals surface area contributed by atoms with Gasteiger partial charge in [0.1, 0.15) is 0 Å². The summed E-state index contributed by atoms with van der Waals surface area (Å²) in [5.74, 6) is -1.29. The van der Waals surface area contributed by atoms with Crippen molar-refractivity contribution < 1.29 is 19.8 Å². The molecule has 1 aromatic heterocycles. The molecule has 0 bridgehead atoms. The zero-order valence-corrected chi connectivity index (χ0v) is 10.4. The largest absolute Gasteiger partial charge is 0.479 e. The number of hydrogen-bond acceptors (Lipinski definition) is 5. The van der Waals surface area contributed by atoms with Crippen LogP contribution in [0.4, 0.5) is 4.79 Å². The van der Waals surface area contributed by atoms with E-state index in [0.717, 1.165) is 5.69 Å². The molecule has 0 fully saturated rings. The van der Waals surface area contributed by atoms with Gasteiger partial charge in [-0.2, -0.15) is 0 Å². The van der Waals surface area contributed by atoms with E-state index >= 15 is 0 Å². The number of carboxylic acid groups (broad SMARTS) is 1. The van der Waals surface area contributed by atoms with E-state index in [9.17, 15) is 9.59 Å². The number of nitrogens with one attached hydrogen (secondary N) is 2. The number of carbonyl (C=O) groups excluding carboxylic acids is 1. The van der Waals surface area contributed by atoms with E-state index in [1.807, 2.05) is 5.38 Å². The fourth-order valence-electron chi connectivity index (χ4n) is 1.17. The molecule has 100 valence electrons. The summed E-state index contributed by atoms with van der Waals surface area (Å²) in [5, 5.41) is 24.3. The second-order valence-electron chi connectivity index (χ2n) is 3.56. The molecule has 2 amide bonds. The Bertz CT molecular complexity index is 382. The lowest BCUT2D eigenvalue weighted by molar-refractivity contribution is -0.146. The molecule has 0 spiro atoms. The highest BCUT2D eigenvalue weighted by Crippen LogP contribution is 2.00. The van der Waals surface area contributed by atoms with Gasteiger partial charge in [-0.05, 0) is 0 Å². The minimum Gasteiger partial charge on any atom is -0.479 e. The first-order valence-corrected chi connectivity index (χ1v) is 6.33. The summed E-state index contributed by atoms with van der Waals surface area (Å²) in [6.07, 6.45) is -0.816. The van der Waals surface area contributed by atoms with Crippen LogP contribution in [0.25, 0.3) is 0 Å². The van der Waals surface area contributed by atoms with Gasteiger partial charge in [0.05, 0.1) is 11.2 Å². The predicted molar refractivity (Wildman–Crippen MR) is 65.5 cm³/mol. The van der Waals surface area contributed by atoms with E-state index in [0.29, 0.717) is 13.0 Å². The maximum Gasteiger partial charge on any atom is 0.332 e. The second kappa shape index (κ2) is 7.62. The Kier molecular flexibility index (Phi) is 6.09. The van der Waals surface area contributed by atoms with Gasteiger partial charge in [-0.1, -0.05) is 0 Å². The van der Waals surface area contributed by atoms with Crippen LogP contribution in [0.3, 0.4) is 0 Å². The quantitative estimate of drug-likeness (QED) is 0.550. The van der Waals surface area contributed by atoms with E-state index in [1.54, 1.807) is 5.51 Å². The van der Waals surface area contributed by atoms with Crippen molar-refractivity contribution in [2.45, 2.75) is 18.9 Å². The van der Waals surface area contributed by atoms with Gasteiger partial charge in [0, 0.05) is 31.3 Å². The molecule has 0 aromatic carbocycles. The summed E-state index contributed by atoms with van der Waals surface area (Å²) in [6.45, 7) is 0.563. The highest BCUT2D eigenvalue weighted by atomic mass is 32.1. The van der Waals surface area contributed by atoms with Crippen LogP contribution < -0.4 is 10.6 Å². The number of hydrogen-bond donors (Lipinski definition) is 4. The number of nitrogens with zero attached hydrogens (tertiary/aromatic N) is 1. The number of carboxylic acids is 1. The molecular weight excluding hydrogens is 258 g/mol. The highest BCUT2D eigenvalue weighted by molar-refractivity contribution is 7.07. The summed E-state index contributed by atoms with van der Waals surface area (Å²) >= 11 is 1.50. The van der Waals surface area contributed by atoms with Crippen LogP contribution in [0.5, 0.6) is 0 Å². The smallest absolute Gasteiger partial charge is 0.332 e. The third kappa shape index (κ3) is 5.60. The van der Waals surface area contributed by atoms with Crippen LogP contribution in [0.1, 0.15) is 12.1 Å². The third-order valence-corrected chi connectivity index (χ3v) is 2.77. The Hall–Kier alpha value is -1.67. The Morgan fingerprint density at radius 1 is 1.39 bits per heavy atom. The molecule has 1 aromatic rings. The average molecular weight is 273 g/mol. The molecule has 7 nitrogen and oxygen atoms in total. The number of aliphatic hydroxyl groups excluding tert-OH is 1. The van der Waals surface area contributed by atoms with Gasteiger partial charge in [0.2, 0.25) is 0 Å². The monoisotopic (exact) mass is 273 g/mol. The normalized spacial score (nSPS) is 11.8. The fraction of sp³-hybridized carbons (Fsp3) is 0.500. The predicted octanol–water partition coefficient (Wildman–Crippen LogP) is -0.180. The lowest BCUT2D eigenvalue weighted by Crippen LogP contribution is -2.38. The summed E-state index contributed by atoms with van der Waals surface area (Å²) in [6, 6.07) is -0.386. The minimum absolute atomic E-state index is 0.0190. The summed E-state index contributed by atoms with van der Waals surface area (Å²) < 4.78 is 0. The van der Waals surface area contributed by atoms with Crippen LogP contribution in [0, 0.1) is 0 Å². The molecule has 0 aliphatic carbocycles. The fourth-order valence-corrected chi connectivity index (χ4v) is 1.77. The van der Waals surface area contributed by atoms with Gasteiger partial charge < -0.3 is 20.8 Å². The minimum atomic E-state index is -1.44. The molecule has 8 heteroatoms. The third-order valence-electron chi connectivity index (χ3n) is 2.14. The molecule has 0 aliphatic rings. The van der Waals surface area contributed by atoms with Gasteiger partial charge >= 0.3 is 12.0 Å². The van der Waals surface area contributed by atoms with Crippen molar-refractivity contribution in [1.29, 1.82) is 0 Å². The van der Waals surface area contributed by atoms with Crippen LogP contribution in [-0.2, 0) is 11.2 Å². The topological polar surface area (TPSA) is 112 Å². The molecule has 0 aliphatic heterocycles. The van der Waals surface area contributed by atoms with Crippen LogP contribution in [-0.4, -0.2) is 46.4 Å². The first-order valence-electron chi connectivity index (χ1n) is 5.39. The highest BCUT2D eigenvalue weighted by Gasteiger charge is 2.12. The second-order valence-corrected chi connectivity index (χ2v) is 4.27. The molecule has 1 heterocycles. The summed E-state index contributed by atoms with van der Waals surface area (Å²) in [7, 11) is 0. The molecule has 0 saturated carbocycles. The Morgan fingerprint density at radius 3 is 2.72 bits per heavy atom. The molecular formula is C10H15N3O4S. The number of carbonyl (C=O) groups is 2. The summed E-state index contributed by atoms with van der Waals surface area (Å²) in [5.41, 5.74) is 2.64. The van der Waals surface area contributed by atoms with Crippen molar-refractivity contribution in [1.82, 2.24) is 15.6 Å². The maximum atomic E-state index is 11.3. The Labute approximate surface area is 108 Å². The van der Waals surface area contributed by atoms with Gasteiger partial charge in [-0.3, -0.25) is 0 Å². The molecule has 1 atom stereocenters. The standard InChI is InChI=1S/C10H15N3O4S/c14-8(9(15)16)2-4-12-10(17)11-3-1-7-5-18-6-13-7/h5-6,8,14H,1-4H2,(H,15,16)(H2,11,12,17)/t8-/m0/s1. The number of thiazole rings is 1. The molecule has 0 unspecified atom stereocenters. The zero-order chi connectivity index (χ0) is 13.4. The maximum absolute atomic E-state index is 11.3.